The summed E-state index contributed by atoms with van der Waals surface area (Å²) < 4.78 is 22.1. The molecule has 2 unspecified atom stereocenters. The van der Waals surface area contributed by atoms with Gasteiger partial charge in [0.25, 0.3) is 0 Å². The van der Waals surface area contributed by atoms with E-state index in [0.29, 0.717) is 12.8 Å². The predicted octanol–water partition coefficient (Wildman–Crippen LogP) is 11.0. The second-order valence-corrected chi connectivity index (χ2v) is 16.6. The van der Waals surface area contributed by atoms with E-state index in [4.69, 9.17) is 18.9 Å². The lowest BCUT2D eigenvalue weighted by atomic mass is 9.99. The molecule has 10 nitrogen and oxygen atoms in total. The highest BCUT2D eigenvalue weighted by Gasteiger charge is 2.44. The van der Waals surface area contributed by atoms with E-state index < -0.39 is 55.4 Å². The Bertz CT molecular complexity index is 1160. The van der Waals surface area contributed by atoms with Crippen LogP contribution in [0.3, 0.4) is 0 Å². The van der Waals surface area contributed by atoms with Crippen LogP contribution in [0.5, 0.6) is 0 Å². The first kappa shape index (κ1) is 56.4. The number of rotatable bonds is 41. The van der Waals surface area contributed by atoms with Crippen molar-refractivity contribution < 1.29 is 49.0 Å². The van der Waals surface area contributed by atoms with E-state index >= 15 is 0 Å². The zero-order valence-corrected chi connectivity index (χ0v) is 38.2. The molecule has 61 heavy (non-hydrogen) atoms. The number of carbonyl (C=O) groups is 2. The average molecular weight is 861 g/mol. The van der Waals surface area contributed by atoms with Crippen LogP contribution in [0.4, 0.5) is 0 Å². The molecule has 0 aromatic rings. The van der Waals surface area contributed by atoms with Gasteiger partial charge in [-0.3, -0.25) is 9.59 Å². The fourth-order valence-electron chi connectivity index (χ4n) is 7.16. The van der Waals surface area contributed by atoms with Gasteiger partial charge in [0, 0.05) is 12.8 Å². The van der Waals surface area contributed by atoms with Gasteiger partial charge in [-0.15, -0.1) is 6.58 Å². The van der Waals surface area contributed by atoms with E-state index in [-0.39, 0.29) is 26.1 Å². The van der Waals surface area contributed by atoms with Crippen LogP contribution in [0.1, 0.15) is 193 Å². The molecule has 1 aliphatic rings. The van der Waals surface area contributed by atoms with Crippen molar-refractivity contribution in [2.75, 3.05) is 19.8 Å². The molecule has 352 valence electrons. The minimum atomic E-state index is -1.61. The number of aliphatic hydroxyl groups is 4. The molecule has 0 amide bonds. The van der Waals surface area contributed by atoms with Gasteiger partial charge >= 0.3 is 11.9 Å². The molecule has 0 aliphatic carbocycles. The topological polar surface area (TPSA) is 152 Å². The van der Waals surface area contributed by atoms with Gasteiger partial charge in [-0.1, -0.05) is 171 Å². The number of carbonyl (C=O) groups excluding carboxylic acids is 2. The smallest absolute Gasteiger partial charge is 0.306 e. The monoisotopic (exact) mass is 861 g/mol. The van der Waals surface area contributed by atoms with Gasteiger partial charge in [0.1, 0.15) is 31.0 Å². The van der Waals surface area contributed by atoms with E-state index in [2.05, 4.69) is 62.1 Å². The van der Waals surface area contributed by atoms with Crippen LogP contribution in [0.2, 0.25) is 0 Å². The lowest BCUT2D eigenvalue weighted by molar-refractivity contribution is -0.305. The van der Waals surface area contributed by atoms with E-state index in [1.165, 1.54) is 109 Å². The Morgan fingerprint density at radius 3 is 1.54 bits per heavy atom. The fraction of sp³-hybridized carbons (Fsp3) is 0.765. The third-order valence-electron chi connectivity index (χ3n) is 11.0. The summed E-state index contributed by atoms with van der Waals surface area (Å²) in [6.07, 6.45) is 42.7. The van der Waals surface area contributed by atoms with Gasteiger partial charge < -0.3 is 39.4 Å². The number of esters is 2. The molecule has 6 atom stereocenters. The van der Waals surface area contributed by atoms with Crippen LogP contribution in [-0.2, 0) is 28.5 Å². The number of hydrogen-bond acceptors (Lipinski definition) is 10. The molecule has 0 spiro atoms. The van der Waals surface area contributed by atoms with Crippen molar-refractivity contribution >= 4 is 11.9 Å². The summed E-state index contributed by atoms with van der Waals surface area (Å²) in [5, 5.41) is 40.1. The highest BCUT2D eigenvalue weighted by Crippen LogP contribution is 2.23. The van der Waals surface area contributed by atoms with Crippen LogP contribution in [0.25, 0.3) is 0 Å². The third-order valence-corrected chi connectivity index (χ3v) is 11.0. The summed E-state index contributed by atoms with van der Waals surface area (Å²) in [6.45, 7) is 4.90. The Kier molecular flexibility index (Phi) is 38.3. The van der Waals surface area contributed by atoms with Crippen LogP contribution < -0.4 is 0 Å². The quantitative estimate of drug-likeness (QED) is 0.0266. The summed E-state index contributed by atoms with van der Waals surface area (Å²) in [5.74, 6) is -0.875. The van der Waals surface area contributed by atoms with Crippen molar-refractivity contribution in [2.24, 2.45) is 0 Å². The lowest BCUT2D eigenvalue weighted by Crippen LogP contribution is -2.59. The molecule has 1 heterocycles. The molecule has 0 aromatic heterocycles. The molecular weight excluding hydrogens is 773 g/mol. The molecule has 1 rings (SSSR count). The maximum absolute atomic E-state index is 12.8. The highest BCUT2D eigenvalue weighted by atomic mass is 16.7. The van der Waals surface area contributed by atoms with Crippen molar-refractivity contribution in [1.82, 2.24) is 0 Å². The fourth-order valence-corrected chi connectivity index (χ4v) is 7.16. The minimum Gasteiger partial charge on any atom is -0.462 e. The Labute approximate surface area is 370 Å². The largest absolute Gasteiger partial charge is 0.462 e. The molecule has 1 fully saturated rings. The van der Waals surface area contributed by atoms with Crippen molar-refractivity contribution in [3.63, 3.8) is 0 Å². The SMILES string of the molecule is C=CCCCCCCCCCCCCCCCC(=O)O[C@@H](COC(=O)CCC/C=C/C/C=C/C/C=C/C/C=C/CCCCCCCCC)CO[C@H]1O[C@@H](CO)[C@@H](O)C(O)C1O. The first-order valence-corrected chi connectivity index (χ1v) is 24.3. The van der Waals surface area contributed by atoms with Crippen molar-refractivity contribution in [1.29, 1.82) is 0 Å². The zero-order valence-electron chi connectivity index (χ0n) is 38.2. The normalized spacial score (nSPS) is 20.0. The van der Waals surface area contributed by atoms with Gasteiger partial charge in [0.2, 0.25) is 0 Å². The summed E-state index contributed by atoms with van der Waals surface area (Å²) in [7, 11) is 0. The zero-order chi connectivity index (χ0) is 44.4. The predicted molar refractivity (Wildman–Crippen MR) is 247 cm³/mol. The molecule has 1 saturated heterocycles. The van der Waals surface area contributed by atoms with Gasteiger partial charge in [-0.25, -0.2) is 0 Å². The Morgan fingerprint density at radius 2 is 1.02 bits per heavy atom. The maximum atomic E-state index is 12.8. The van der Waals surface area contributed by atoms with Crippen molar-refractivity contribution in [2.45, 2.75) is 230 Å². The second-order valence-electron chi connectivity index (χ2n) is 16.6. The second kappa shape index (κ2) is 41.4. The number of hydrogen-bond donors (Lipinski definition) is 4. The summed E-state index contributed by atoms with van der Waals surface area (Å²) in [5.41, 5.74) is 0. The maximum Gasteiger partial charge on any atom is 0.306 e. The number of unbranched alkanes of at least 4 members (excludes halogenated alkanes) is 21. The van der Waals surface area contributed by atoms with Crippen LogP contribution in [0, 0.1) is 0 Å². The minimum absolute atomic E-state index is 0.198. The number of aliphatic hydroxyl groups excluding tert-OH is 4. The summed E-state index contributed by atoms with van der Waals surface area (Å²) in [6, 6.07) is 0. The van der Waals surface area contributed by atoms with Crippen molar-refractivity contribution in [3.05, 3.63) is 61.3 Å². The number of allylic oxidation sites excluding steroid dienone is 9. The Morgan fingerprint density at radius 1 is 0.557 bits per heavy atom. The van der Waals surface area contributed by atoms with E-state index in [0.717, 1.165) is 51.4 Å². The van der Waals surface area contributed by atoms with E-state index in [9.17, 15) is 30.0 Å². The molecule has 4 N–H and O–H groups in total. The van der Waals surface area contributed by atoms with Gasteiger partial charge in [0.15, 0.2) is 12.4 Å². The molecule has 0 radical (unpaired) electrons. The van der Waals surface area contributed by atoms with E-state index in [1.54, 1.807) is 0 Å². The molecule has 0 bridgehead atoms. The van der Waals surface area contributed by atoms with E-state index in [1.807, 2.05) is 6.08 Å². The summed E-state index contributed by atoms with van der Waals surface area (Å²) >= 11 is 0. The van der Waals surface area contributed by atoms with Gasteiger partial charge in [-0.2, -0.15) is 0 Å². The average Bonchev–Trinajstić information content (AvgIpc) is 3.26. The van der Waals surface area contributed by atoms with Gasteiger partial charge in [-0.05, 0) is 64.2 Å². The van der Waals surface area contributed by atoms with Crippen LogP contribution in [-0.4, -0.2) is 89.0 Å². The third kappa shape index (κ3) is 32.7. The molecule has 1 aliphatic heterocycles. The highest BCUT2D eigenvalue weighted by molar-refractivity contribution is 5.70. The molecular formula is C51H88O10. The molecule has 10 heteroatoms. The standard InChI is InChI=1S/C51H88O10/c1-3-5-7-9-11-13-15-17-19-20-21-22-23-24-26-27-29-31-33-35-37-39-46(53)58-42-44(43-59-51-50(57)49(56)48(55)45(41-52)61-51)60-47(54)40-38-36-34-32-30-28-25-18-16-14-12-10-8-6-4-2/h4,19-20,22-23,26-27,31,33,44-45,48-52,55-57H,2-3,5-18,21,24-25,28-30,32,34-43H2,1H3/b20-19+,23-22+,27-26+,33-31+/t44-,45-,48+,49?,50?,51-/m0/s1. The first-order chi connectivity index (χ1) is 29.8. The van der Waals surface area contributed by atoms with Crippen molar-refractivity contribution in [3.8, 4) is 0 Å². The molecule has 0 saturated carbocycles. The number of ether oxygens (including phenoxy) is 4. The first-order valence-electron chi connectivity index (χ1n) is 24.3. The Hall–Kier alpha value is -2.60. The molecule has 0 aromatic carbocycles. The summed E-state index contributed by atoms with van der Waals surface area (Å²) in [4.78, 5) is 25.4. The van der Waals surface area contributed by atoms with Gasteiger partial charge in [0.05, 0.1) is 13.2 Å². The van der Waals surface area contributed by atoms with Crippen LogP contribution in [0.15, 0.2) is 61.3 Å². The van der Waals surface area contributed by atoms with Crippen LogP contribution >= 0.6 is 0 Å². The lowest BCUT2D eigenvalue weighted by Gasteiger charge is -2.39. The Balaban J connectivity index is 2.33.